The van der Waals surface area contributed by atoms with Gasteiger partial charge in [-0.25, -0.2) is 4.79 Å². The Labute approximate surface area is 109 Å². The van der Waals surface area contributed by atoms with Gasteiger partial charge in [-0.2, -0.15) is 0 Å². The molecule has 0 aromatic carbocycles. The Morgan fingerprint density at radius 3 is 2.67 bits per heavy atom. The van der Waals surface area contributed by atoms with Crippen LogP contribution in [0.15, 0.2) is 36.0 Å². The van der Waals surface area contributed by atoms with Crippen LogP contribution in [0.2, 0.25) is 0 Å². The quantitative estimate of drug-likeness (QED) is 0.460. The van der Waals surface area contributed by atoms with Crippen LogP contribution in [0.4, 0.5) is 0 Å². The molecule has 1 aliphatic carbocycles. The van der Waals surface area contributed by atoms with E-state index in [-0.39, 0.29) is 17.4 Å². The van der Waals surface area contributed by atoms with E-state index in [0.717, 1.165) is 18.4 Å². The standard InChI is InChI=1S/C15H22O3/c1-10(9-14(17)18)5-7-12-11(2)6-8-13(16)15(12,3)4/h5,7,9,12-13,16H,2,6,8H2,1,3-4H3,(H,17,18)/t12-,13+/m1/s1. The van der Waals surface area contributed by atoms with E-state index in [1.807, 2.05) is 19.9 Å². The zero-order valence-electron chi connectivity index (χ0n) is 11.3. The van der Waals surface area contributed by atoms with Crippen LogP contribution in [-0.4, -0.2) is 22.3 Å². The maximum Gasteiger partial charge on any atom is 0.328 e. The number of hydrogen-bond donors (Lipinski definition) is 2. The van der Waals surface area contributed by atoms with Crippen molar-refractivity contribution in [2.45, 2.75) is 39.7 Å². The summed E-state index contributed by atoms with van der Waals surface area (Å²) in [4.78, 5) is 10.5. The molecule has 18 heavy (non-hydrogen) atoms. The molecule has 0 spiro atoms. The number of aliphatic carboxylic acids is 1. The molecule has 0 bridgehead atoms. The molecule has 1 aliphatic rings. The van der Waals surface area contributed by atoms with Gasteiger partial charge in [-0.1, -0.05) is 38.2 Å². The highest BCUT2D eigenvalue weighted by Gasteiger charge is 2.39. The summed E-state index contributed by atoms with van der Waals surface area (Å²) in [5.41, 5.74) is 1.53. The van der Waals surface area contributed by atoms with Crippen LogP contribution in [0.5, 0.6) is 0 Å². The summed E-state index contributed by atoms with van der Waals surface area (Å²) >= 11 is 0. The summed E-state index contributed by atoms with van der Waals surface area (Å²) in [5.74, 6) is -0.864. The van der Waals surface area contributed by atoms with Gasteiger partial charge in [-0.3, -0.25) is 0 Å². The van der Waals surface area contributed by atoms with E-state index in [1.54, 1.807) is 13.0 Å². The Morgan fingerprint density at radius 2 is 2.11 bits per heavy atom. The number of allylic oxidation sites excluding steroid dienone is 4. The van der Waals surface area contributed by atoms with E-state index >= 15 is 0 Å². The maximum absolute atomic E-state index is 10.5. The molecule has 2 N–H and O–H groups in total. The third-order valence-corrected chi connectivity index (χ3v) is 3.74. The topological polar surface area (TPSA) is 57.5 Å². The van der Waals surface area contributed by atoms with E-state index in [1.165, 1.54) is 6.08 Å². The molecule has 0 unspecified atom stereocenters. The third kappa shape index (κ3) is 3.33. The zero-order valence-corrected chi connectivity index (χ0v) is 11.3. The van der Waals surface area contributed by atoms with Crippen LogP contribution in [-0.2, 0) is 4.79 Å². The highest BCUT2D eigenvalue weighted by atomic mass is 16.4. The molecular weight excluding hydrogens is 228 g/mol. The van der Waals surface area contributed by atoms with Crippen molar-refractivity contribution in [3.63, 3.8) is 0 Å². The van der Waals surface area contributed by atoms with Crippen LogP contribution in [0.1, 0.15) is 33.6 Å². The first kappa shape index (κ1) is 14.7. The van der Waals surface area contributed by atoms with Gasteiger partial charge in [0.25, 0.3) is 0 Å². The molecule has 1 fully saturated rings. The highest BCUT2D eigenvalue weighted by molar-refractivity contribution is 5.81. The summed E-state index contributed by atoms with van der Waals surface area (Å²) in [6.45, 7) is 9.86. The summed E-state index contributed by atoms with van der Waals surface area (Å²) in [6, 6.07) is 0. The predicted octanol–water partition coefficient (Wildman–Crippen LogP) is 2.93. The minimum atomic E-state index is -0.945. The van der Waals surface area contributed by atoms with Crippen LogP contribution >= 0.6 is 0 Å². The maximum atomic E-state index is 10.5. The van der Waals surface area contributed by atoms with Crippen molar-refractivity contribution in [2.75, 3.05) is 0 Å². The van der Waals surface area contributed by atoms with Gasteiger partial charge in [0.15, 0.2) is 0 Å². The number of carbonyl (C=O) groups is 1. The summed E-state index contributed by atoms with van der Waals surface area (Å²) < 4.78 is 0. The van der Waals surface area contributed by atoms with Crippen molar-refractivity contribution in [2.24, 2.45) is 11.3 Å². The number of aliphatic hydroxyl groups is 1. The fourth-order valence-corrected chi connectivity index (χ4v) is 2.46. The van der Waals surface area contributed by atoms with Crippen molar-refractivity contribution in [3.8, 4) is 0 Å². The van der Waals surface area contributed by atoms with Gasteiger partial charge in [0.2, 0.25) is 0 Å². The lowest BCUT2D eigenvalue weighted by molar-refractivity contribution is -0.131. The average molecular weight is 250 g/mol. The molecule has 3 heteroatoms. The molecule has 1 saturated carbocycles. The number of rotatable bonds is 3. The highest BCUT2D eigenvalue weighted by Crippen LogP contribution is 2.44. The fourth-order valence-electron chi connectivity index (χ4n) is 2.46. The third-order valence-electron chi connectivity index (χ3n) is 3.74. The number of carboxylic acids is 1. The molecule has 2 atom stereocenters. The number of aliphatic hydroxyl groups excluding tert-OH is 1. The van der Waals surface area contributed by atoms with E-state index in [4.69, 9.17) is 5.11 Å². The predicted molar refractivity (Wildman–Crippen MR) is 72.2 cm³/mol. The van der Waals surface area contributed by atoms with Gasteiger partial charge in [0, 0.05) is 17.4 Å². The summed E-state index contributed by atoms with van der Waals surface area (Å²) in [7, 11) is 0. The molecule has 0 aromatic heterocycles. The SMILES string of the molecule is C=C1CC[C@H](O)C(C)(C)[C@@H]1C=CC(C)=CC(=O)O. The first-order valence-corrected chi connectivity index (χ1v) is 6.20. The first-order valence-electron chi connectivity index (χ1n) is 6.20. The Bertz CT molecular complexity index is 402. The van der Waals surface area contributed by atoms with Crippen molar-refractivity contribution in [1.82, 2.24) is 0 Å². The fraction of sp³-hybridized carbons (Fsp3) is 0.533. The van der Waals surface area contributed by atoms with Gasteiger partial charge in [-0.05, 0) is 25.3 Å². The lowest BCUT2D eigenvalue weighted by atomic mass is 9.65. The molecule has 0 amide bonds. The second kappa shape index (κ2) is 5.53. The molecule has 0 aromatic rings. The van der Waals surface area contributed by atoms with Gasteiger partial charge in [-0.15, -0.1) is 0 Å². The smallest absolute Gasteiger partial charge is 0.328 e. The monoisotopic (exact) mass is 250 g/mol. The zero-order chi connectivity index (χ0) is 13.9. The molecule has 1 rings (SSSR count). The molecule has 100 valence electrons. The minimum absolute atomic E-state index is 0.0818. The number of carboxylic acid groups (broad SMARTS) is 1. The minimum Gasteiger partial charge on any atom is -0.478 e. The van der Waals surface area contributed by atoms with Crippen LogP contribution in [0, 0.1) is 11.3 Å². The van der Waals surface area contributed by atoms with Crippen molar-refractivity contribution in [1.29, 1.82) is 0 Å². The van der Waals surface area contributed by atoms with Crippen LogP contribution in [0.25, 0.3) is 0 Å². The average Bonchev–Trinajstić information content (AvgIpc) is 2.22. The van der Waals surface area contributed by atoms with Gasteiger partial charge < -0.3 is 10.2 Å². The largest absolute Gasteiger partial charge is 0.478 e. The Hall–Kier alpha value is -1.35. The van der Waals surface area contributed by atoms with Crippen molar-refractivity contribution in [3.05, 3.63) is 36.0 Å². The Kier molecular flexibility index (Phi) is 4.52. The Balaban J connectivity index is 2.90. The van der Waals surface area contributed by atoms with E-state index < -0.39 is 5.97 Å². The van der Waals surface area contributed by atoms with E-state index in [2.05, 4.69) is 6.58 Å². The Morgan fingerprint density at radius 1 is 1.50 bits per heavy atom. The molecule has 0 saturated heterocycles. The summed E-state index contributed by atoms with van der Waals surface area (Å²) in [5, 5.41) is 18.7. The lowest BCUT2D eigenvalue weighted by Crippen LogP contribution is -2.40. The van der Waals surface area contributed by atoms with Crippen molar-refractivity contribution < 1.29 is 15.0 Å². The lowest BCUT2D eigenvalue weighted by Gasteiger charge is -2.42. The van der Waals surface area contributed by atoms with Crippen LogP contribution in [0.3, 0.4) is 0 Å². The molecular formula is C15H22O3. The summed E-state index contributed by atoms with van der Waals surface area (Å²) in [6.07, 6.45) is 6.15. The van der Waals surface area contributed by atoms with Gasteiger partial charge >= 0.3 is 5.97 Å². The second-order valence-electron chi connectivity index (χ2n) is 5.60. The van der Waals surface area contributed by atoms with Gasteiger partial charge in [0.05, 0.1) is 6.10 Å². The molecule has 0 heterocycles. The van der Waals surface area contributed by atoms with Crippen molar-refractivity contribution >= 4 is 5.97 Å². The normalized spacial score (nSPS) is 28.7. The van der Waals surface area contributed by atoms with Crippen LogP contribution < -0.4 is 0 Å². The molecule has 0 radical (unpaired) electrons. The van der Waals surface area contributed by atoms with E-state index in [9.17, 15) is 9.90 Å². The molecule has 0 aliphatic heterocycles. The number of hydrogen-bond acceptors (Lipinski definition) is 2. The first-order chi connectivity index (χ1) is 8.25. The molecule has 3 nitrogen and oxygen atoms in total. The van der Waals surface area contributed by atoms with Gasteiger partial charge in [0.1, 0.15) is 0 Å². The van der Waals surface area contributed by atoms with E-state index in [0.29, 0.717) is 5.57 Å². The second-order valence-corrected chi connectivity index (χ2v) is 5.60.